The standard InChI is InChI=1S/C45H60N2O3/c1-29(2)33-18-24-45(40(49)47-28-21-32-11-9-10-27-46-32)26-25-43(6)35(38(33)45)16-17-37-42(5)22-19-34(30-12-14-31(15-13-30)39(48)50-8)41(3,4)36(42)20-23-44(37,43)7/h9-15,19,27,33,35-38H,1,16-18,20-26,28H2,2-8H3,(H,47,49). The molecule has 1 aromatic carbocycles. The fourth-order valence-corrected chi connectivity index (χ4v) is 13.6. The number of hydrogen-bond donors (Lipinski definition) is 1. The van der Waals surface area contributed by atoms with Crippen LogP contribution in [0.5, 0.6) is 0 Å². The molecule has 268 valence electrons. The lowest BCUT2D eigenvalue weighted by molar-refractivity contribution is -0.225. The molecule has 0 spiro atoms. The molecule has 7 rings (SSSR count). The van der Waals surface area contributed by atoms with Gasteiger partial charge in [-0.15, -0.1) is 0 Å². The summed E-state index contributed by atoms with van der Waals surface area (Å²) in [6.45, 7) is 20.3. The minimum atomic E-state index is -0.296. The lowest BCUT2D eigenvalue weighted by Gasteiger charge is -2.72. The second-order valence-electron chi connectivity index (χ2n) is 18.3. The number of carbonyl (C=O) groups is 2. The van der Waals surface area contributed by atoms with Gasteiger partial charge in [0.25, 0.3) is 0 Å². The first-order valence-electron chi connectivity index (χ1n) is 19.5. The van der Waals surface area contributed by atoms with Crippen LogP contribution in [-0.4, -0.2) is 30.5 Å². The largest absolute Gasteiger partial charge is 0.465 e. The average Bonchev–Trinajstić information content (AvgIpc) is 3.50. The minimum Gasteiger partial charge on any atom is -0.465 e. The van der Waals surface area contributed by atoms with E-state index < -0.39 is 0 Å². The fourth-order valence-electron chi connectivity index (χ4n) is 13.6. The van der Waals surface area contributed by atoms with Gasteiger partial charge >= 0.3 is 5.97 Å². The van der Waals surface area contributed by atoms with E-state index in [1.54, 1.807) is 0 Å². The van der Waals surface area contributed by atoms with Crippen molar-refractivity contribution in [2.45, 2.75) is 106 Å². The summed E-state index contributed by atoms with van der Waals surface area (Å²) in [4.78, 5) is 31.1. The molecule has 1 N–H and O–H groups in total. The number of benzene rings is 1. The van der Waals surface area contributed by atoms with Crippen molar-refractivity contribution >= 4 is 17.4 Å². The SMILES string of the molecule is C=C(C)C1CCC2(C(=O)NCCc3ccccn3)CCC3(C)C(CCC4C5(C)CC=C(c6ccc(C(=O)OC)cc6)C(C)(C)C5CCC43C)C12. The van der Waals surface area contributed by atoms with E-state index in [9.17, 15) is 9.59 Å². The molecule has 2 aromatic rings. The van der Waals surface area contributed by atoms with Crippen LogP contribution in [0.3, 0.4) is 0 Å². The van der Waals surface area contributed by atoms with Crippen LogP contribution >= 0.6 is 0 Å². The molecule has 50 heavy (non-hydrogen) atoms. The van der Waals surface area contributed by atoms with E-state index in [-0.39, 0.29) is 33.0 Å². The summed E-state index contributed by atoms with van der Waals surface area (Å²) in [5.74, 6) is 2.52. The maximum atomic E-state index is 14.4. The van der Waals surface area contributed by atoms with Gasteiger partial charge in [0.2, 0.25) is 5.91 Å². The summed E-state index contributed by atoms with van der Waals surface area (Å²) < 4.78 is 4.96. The molecule has 4 fully saturated rings. The third-order valence-corrected chi connectivity index (χ3v) is 16.1. The third-order valence-electron chi connectivity index (χ3n) is 16.1. The molecule has 4 saturated carbocycles. The van der Waals surface area contributed by atoms with E-state index in [4.69, 9.17) is 4.74 Å². The number of carbonyl (C=O) groups excluding carboxylic acids is 2. The fraction of sp³-hybridized carbons (Fsp3) is 0.622. The van der Waals surface area contributed by atoms with Crippen LogP contribution < -0.4 is 5.32 Å². The molecule has 1 amide bonds. The number of fused-ring (bicyclic) bond motifs is 7. The number of esters is 1. The van der Waals surface area contributed by atoms with Gasteiger partial charge in [0.05, 0.1) is 18.1 Å². The number of allylic oxidation sites excluding steroid dienone is 3. The van der Waals surface area contributed by atoms with E-state index >= 15 is 0 Å². The van der Waals surface area contributed by atoms with Gasteiger partial charge in [-0.3, -0.25) is 9.78 Å². The predicted molar refractivity (Wildman–Crippen MR) is 201 cm³/mol. The smallest absolute Gasteiger partial charge is 0.337 e. The first-order chi connectivity index (χ1) is 23.7. The zero-order valence-electron chi connectivity index (χ0n) is 31.7. The number of nitrogens with zero attached hydrogens (tertiary/aromatic N) is 1. The maximum Gasteiger partial charge on any atom is 0.337 e. The van der Waals surface area contributed by atoms with Crippen LogP contribution in [0.25, 0.3) is 5.57 Å². The number of hydrogen-bond acceptors (Lipinski definition) is 4. The number of rotatable bonds is 7. The summed E-state index contributed by atoms with van der Waals surface area (Å²) in [6, 6.07) is 14.1. The van der Waals surface area contributed by atoms with Gasteiger partial charge in [-0.05, 0) is 151 Å². The van der Waals surface area contributed by atoms with Crippen molar-refractivity contribution in [2.24, 2.45) is 56.7 Å². The Morgan fingerprint density at radius 3 is 2.34 bits per heavy atom. The Hall–Kier alpha value is -3.21. The second kappa shape index (κ2) is 12.5. The molecule has 5 aliphatic rings. The van der Waals surface area contributed by atoms with Crippen LogP contribution in [-0.2, 0) is 16.0 Å². The Kier molecular flexibility index (Phi) is 8.79. The van der Waals surface area contributed by atoms with Crippen molar-refractivity contribution in [1.29, 1.82) is 0 Å². The molecular weight excluding hydrogens is 617 g/mol. The number of methoxy groups -OCH3 is 1. The number of pyridine rings is 1. The van der Waals surface area contributed by atoms with Crippen molar-refractivity contribution in [3.05, 3.63) is 83.7 Å². The summed E-state index contributed by atoms with van der Waals surface area (Å²) >= 11 is 0. The molecule has 0 saturated heterocycles. The summed E-state index contributed by atoms with van der Waals surface area (Å²) in [5, 5.41) is 3.44. The molecule has 9 unspecified atom stereocenters. The Morgan fingerprint density at radius 2 is 1.66 bits per heavy atom. The maximum absolute atomic E-state index is 14.4. The molecule has 0 bridgehead atoms. The van der Waals surface area contributed by atoms with Gasteiger partial charge in [0.1, 0.15) is 0 Å². The van der Waals surface area contributed by atoms with Gasteiger partial charge in [0.15, 0.2) is 0 Å². The van der Waals surface area contributed by atoms with Crippen LogP contribution in [0.2, 0.25) is 0 Å². The molecule has 5 heteroatoms. The van der Waals surface area contributed by atoms with E-state index in [1.165, 1.54) is 49.5 Å². The molecule has 5 aliphatic carbocycles. The molecular formula is C45H60N2O3. The first-order valence-corrected chi connectivity index (χ1v) is 19.5. The zero-order chi connectivity index (χ0) is 35.7. The molecule has 5 nitrogen and oxygen atoms in total. The number of aromatic nitrogens is 1. The minimum absolute atomic E-state index is 0.0183. The van der Waals surface area contributed by atoms with Crippen LogP contribution in [0.15, 0.2) is 66.9 Å². The van der Waals surface area contributed by atoms with Gasteiger partial charge in [-0.1, -0.05) is 71.0 Å². The zero-order valence-corrected chi connectivity index (χ0v) is 31.7. The second-order valence-corrected chi connectivity index (χ2v) is 18.3. The Bertz CT molecular complexity index is 1680. The quantitative estimate of drug-likeness (QED) is 0.234. The van der Waals surface area contributed by atoms with Gasteiger partial charge in [-0.25, -0.2) is 4.79 Å². The average molecular weight is 677 g/mol. The Labute approximate surface area is 301 Å². The molecule has 9 atom stereocenters. The third kappa shape index (κ3) is 5.10. The topological polar surface area (TPSA) is 68.3 Å². The van der Waals surface area contributed by atoms with E-state index in [2.05, 4.69) is 76.6 Å². The first kappa shape index (κ1) is 35.2. The summed E-state index contributed by atoms with van der Waals surface area (Å²) in [6.07, 6.45) is 15.4. The highest BCUT2D eigenvalue weighted by Crippen LogP contribution is 2.77. The highest BCUT2D eigenvalue weighted by Gasteiger charge is 2.71. The lowest BCUT2D eigenvalue weighted by Crippen LogP contribution is -2.66. The molecule has 1 heterocycles. The number of nitrogens with one attached hydrogen (secondary N) is 1. The van der Waals surface area contributed by atoms with Crippen molar-refractivity contribution in [2.75, 3.05) is 13.7 Å². The van der Waals surface area contributed by atoms with E-state index in [0.29, 0.717) is 47.6 Å². The lowest BCUT2D eigenvalue weighted by atomic mass is 9.32. The summed E-state index contributed by atoms with van der Waals surface area (Å²) in [5.41, 5.74) is 5.89. The predicted octanol–water partition coefficient (Wildman–Crippen LogP) is 9.88. The number of ether oxygens (including phenoxy) is 1. The molecule has 1 aromatic heterocycles. The Balaban J connectivity index is 1.17. The van der Waals surface area contributed by atoms with Crippen LogP contribution in [0.1, 0.15) is 121 Å². The van der Waals surface area contributed by atoms with Crippen molar-refractivity contribution < 1.29 is 14.3 Å². The van der Waals surface area contributed by atoms with Crippen molar-refractivity contribution in [1.82, 2.24) is 10.3 Å². The number of amides is 1. The summed E-state index contributed by atoms with van der Waals surface area (Å²) in [7, 11) is 1.44. The van der Waals surface area contributed by atoms with Crippen molar-refractivity contribution in [3.63, 3.8) is 0 Å². The monoisotopic (exact) mass is 676 g/mol. The molecule has 0 radical (unpaired) electrons. The Morgan fingerprint density at radius 1 is 0.900 bits per heavy atom. The van der Waals surface area contributed by atoms with Crippen LogP contribution in [0.4, 0.5) is 0 Å². The normalized spacial score (nSPS) is 38.4. The van der Waals surface area contributed by atoms with E-state index in [0.717, 1.165) is 44.2 Å². The highest BCUT2D eigenvalue weighted by molar-refractivity contribution is 5.90. The molecule has 0 aliphatic heterocycles. The van der Waals surface area contributed by atoms with Crippen molar-refractivity contribution in [3.8, 4) is 0 Å². The van der Waals surface area contributed by atoms with E-state index in [1.807, 2.05) is 36.5 Å². The van der Waals surface area contributed by atoms with Crippen LogP contribution in [0, 0.1) is 56.7 Å². The van der Waals surface area contributed by atoms with Gasteiger partial charge in [0, 0.05) is 24.9 Å². The van der Waals surface area contributed by atoms with Gasteiger partial charge in [-0.2, -0.15) is 0 Å². The highest BCUT2D eigenvalue weighted by atomic mass is 16.5. The van der Waals surface area contributed by atoms with Gasteiger partial charge < -0.3 is 10.1 Å².